The van der Waals surface area contributed by atoms with Gasteiger partial charge >= 0.3 is 0 Å². The number of hydrogen-bond donors (Lipinski definition) is 0. The molecule has 2 aromatic rings. The predicted molar refractivity (Wildman–Crippen MR) is 111 cm³/mol. The number of carbonyl (C=O) groups is 2. The minimum Gasteiger partial charge on any atom is -0.342 e. The molecule has 1 aliphatic carbocycles. The van der Waals surface area contributed by atoms with Gasteiger partial charge in [-0.05, 0) is 49.3 Å². The van der Waals surface area contributed by atoms with Crippen LogP contribution in [0.2, 0.25) is 0 Å². The monoisotopic (exact) mass is 376 g/mol. The smallest absolute Gasteiger partial charge is 0.242 e. The van der Waals surface area contributed by atoms with Crippen LogP contribution in [-0.4, -0.2) is 29.8 Å². The Kier molecular flexibility index (Phi) is 5.21. The minimum absolute atomic E-state index is 0.0399. The summed E-state index contributed by atoms with van der Waals surface area (Å²) in [6.45, 7) is 4.22. The van der Waals surface area contributed by atoms with Crippen molar-refractivity contribution in [3.63, 3.8) is 0 Å². The van der Waals surface area contributed by atoms with E-state index in [1.165, 1.54) is 0 Å². The molecule has 0 N–H and O–H groups in total. The zero-order valence-electron chi connectivity index (χ0n) is 16.5. The Morgan fingerprint density at radius 1 is 1.04 bits per heavy atom. The maximum Gasteiger partial charge on any atom is 0.242 e. The maximum atomic E-state index is 13.7. The molecule has 2 fully saturated rings. The van der Waals surface area contributed by atoms with E-state index in [0.29, 0.717) is 25.3 Å². The highest BCUT2D eigenvalue weighted by atomic mass is 16.2. The summed E-state index contributed by atoms with van der Waals surface area (Å²) in [7, 11) is 0. The molecule has 0 bridgehead atoms. The first-order chi connectivity index (χ1) is 13.6. The fourth-order valence-electron chi connectivity index (χ4n) is 4.23. The zero-order valence-corrected chi connectivity index (χ0v) is 16.5. The Morgan fingerprint density at radius 3 is 2.29 bits per heavy atom. The van der Waals surface area contributed by atoms with E-state index < -0.39 is 5.41 Å². The van der Waals surface area contributed by atoms with Gasteiger partial charge in [0.25, 0.3) is 0 Å². The molecule has 146 valence electrons. The summed E-state index contributed by atoms with van der Waals surface area (Å²) < 4.78 is 0. The molecule has 1 heterocycles. The van der Waals surface area contributed by atoms with E-state index in [1.807, 2.05) is 65.6 Å². The van der Waals surface area contributed by atoms with Gasteiger partial charge in [0, 0.05) is 18.8 Å². The summed E-state index contributed by atoms with van der Waals surface area (Å²) in [6.07, 6.45) is 3.51. The van der Waals surface area contributed by atoms with E-state index in [4.69, 9.17) is 0 Å². The van der Waals surface area contributed by atoms with Gasteiger partial charge in [0.05, 0.1) is 6.54 Å². The van der Waals surface area contributed by atoms with Crippen LogP contribution in [0, 0.1) is 11.3 Å². The first-order valence-corrected chi connectivity index (χ1v) is 10.3. The first-order valence-electron chi connectivity index (χ1n) is 10.3. The number of nitrogens with zero attached hydrogens (tertiary/aromatic N) is 2. The Hall–Kier alpha value is -2.62. The number of piperidine rings is 1. The van der Waals surface area contributed by atoms with Gasteiger partial charge in [0.2, 0.25) is 11.8 Å². The number of rotatable bonds is 5. The summed E-state index contributed by atoms with van der Waals surface area (Å²) in [4.78, 5) is 30.7. The van der Waals surface area contributed by atoms with Crippen LogP contribution in [0.1, 0.15) is 38.2 Å². The van der Waals surface area contributed by atoms with Crippen LogP contribution < -0.4 is 4.90 Å². The molecule has 4 rings (SSSR count). The predicted octanol–water partition coefficient (Wildman–Crippen LogP) is 4.26. The number of benzene rings is 2. The molecular formula is C24H28N2O2. The molecule has 2 aromatic carbocycles. The van der Waals surface area contributed by atoms with Crippen LogP contribution in [0.5, 0.6) is 0 Å². The topological polar surface area (TPSA) is 40.6 Å². The molecule has 2 aliphatic rings. The summed E-state index contributed by atoms with van der Waals surface area (Å²) in [5.74, 6) is 0.502. The third kappa shape index (κ3) is 3.68. The molecule has 0 radical (unpaired) electrons. The van der Waals surface area contributed by atoms with Gasteiger partial charge in [-0.25, -0.2) is 0 Å². The summed E-state index contributed by atoms with van der Waals surface area (Å²) >= 11 is 0. The van der Waals surface area contributed by atoms with Crippen LogP contribution in [0.15, 0.2) is 60.7 Å². The molecule has 0 spiro atoms. The number of amides is 2. The van der Waals surface area contributed by atoms with Gasteiger partial charge < -0.3 is 9.80 Å². The van der Waals surface area contributed by atoms with Gasteiger partial charge in [-0.1, -0.05) is 55.5 Å². The van der Waals surface area contributed by atoms with Crippen molar-refractivity contribution in [3.05, 3.63) is 66.2 Å². The lowest BCUT2D eigenvalue weighted by molar-refractivity contribution is -0.144. The van der Waals surface area contributed by atoms with Crippen LogP contribution in [0.3, 0.4) is 0 Å². The summed E-state index contributed by atoms with van der Waals surface area (Å²) in [6, 6.07) is 19.7. The Morgan fingerprint density at radius 2 is 1.68 bits per heavy atom. The lowest BCUT2D eigenvalue weighted by Crippen LogP contribution is -2.49. The van der Waals surface area contributed by atoms with E-state index in [2.05, 4.69) is 6.92 Å². The highest BCUT2D eigenvalue weighted by Gasteiger charge is 2.59. The molecule has 2 amide bonds. The normalized spacial score (nSPS) is 20.5. The lowest BCUT2D eigenvalue weighted by atomic mass is 9.96. The number of para-hydroxylation sites is 1. The summed E-state index contributed by atoms with van der Waals surface area (Å²) in [5, 5.41) is 0. The average Bonchev–Trinajstić information content (AvgIpc) is 3.54. The highest BCUT2D eigenvalue weighted by Crippen LogP contribution is 2.50. The Labute approximate surface area is 167 Å². The van der Waals surface area contributed by atoms with E-state index >= 15 is 0 Å². The van der Waals surface area contributed by atoms with E-state index in [1.54, 1.807) is 4.90 Å². The molecular weight excluding hydrogens is 348 g/mol. The molecule has 0 aromatic heterocycles. The average molecular weight is 377 g/mol. The minimum atomic E-state index is -0.859. The number of hydrogen-bond acceptors (Lipinski definition) is 2. The molecule has 28 heavy (non-hydrogen) atoms. The fraction of sp³-hybridized carbons (Fsp3) is 0.417. The molecule has 1 aliphatic heterocycles. The third-order valence-corrected chi connectivity index (χ3v) is 6.01. The van der Waals surface area contributed by atoms with E-state index in [-0.39, 0.29) is 11.8 Å². The van der Waals surface area contributed by atoms with E-state index in [9.17, 15) is 9.59 Å². The number of carbonyl (C=O) groups excluding carboxylic acids is 2. The summed E-state index contributed by atoms with van der Waals surface area (Å²) in [5.41, 5.74) is 1.05. The SMILES string of the molecule is CC1CCCN(C(=O)C2(C(=O)N(Cc3ccccc3)c3ccccc3)CC2)C1. The standard InChI is InChI=1S/C24H28N2O2/c1-19-9-8-16-25(17-19)22(27)24(14-15-24)23(28)26(21-12-6-3-7-13-21)18-20-10-4-2-5-11-20/h2-7,10-13,19H,8-9,14-18H2,1H3. The van der Waals surface area contributed by atoms with Crippen LogP contribution in [0.25, 0.3) is 0 Å². The Balaban J connectivity index is 1.60. The Bertz CT molecular complexity index is 830. The van der Waals surface area contributed by atoms with E-state index in [0.717, 1.165) is 37.2 Å². The van der Waals surface area contributed by atoms with Crippen LogP contribution >= 0.6 is 0 Å². The van der Waals surface area contributed by atoms with Gasteiger partial charge in [-0.2, -0.15) is 0 Å². The highest BCUT2D eigenvalue weighted by molar-refractivity contribution is 6.14. The van der Waals surface area contributed by atoms with Crippen molar-refractivity contribution in [2.75, 3.05) is 18.0 Å². The van der Waals surface area contributed by atoms with Gasteiger partial charge in [-0.15, -0.1) is 0 Å². The molecule has 1 saturated heterocycles. The van der Waals surface area contributed by atoms with Crippen molar-refractivity contribution >= 4 is 17.5 Å². The number of likely N-dealkylation sites (tertiary alicyclic amines) is 1. The number of anilines is 1. The maximum absolute atomic E-state index is 13.7. The van der Waals surface area contributed by atoms with Gasteiger partial charge in [0.1, 0.15) is 5.41 Å². The van der Waals surface area contributed by atoms with Crippen molar-refractivity contribution < 1.29 is 9.59 Å². The van der Waals surface area contributed by atoms with Crippen LogP contribution in [0.4, 0.5) is 5.69 Å². The van der Waals surface area contributed by atoms with Crippen molar-refractivity contribution in [2.45, 2.75) is 39.2 Å². The molecule has 1 saturated carbocycles. The van der Waals surface area contributed by atoms with Crippen molar-refractivity contribution in [1.29, 1.82) is 0 Å². The molecule has 1 unspecified atom stereocenters. The molecule has 1 atom stereocenters. The largest absolute Gasteiger partial charge is 0.342 e. The third-order valence-electron chi connectivity index (χ3n) is 6.01. The first kappa shape index (κ1) is 18.7. The van der Waals surface area contributed by atoms with Crippen molar-refractivity contribution in [1.82, 2.24) is 4.90 Å². The second-order valence-electron chi connectivity index (χ2n) is 8.29. The lowest BCUT2D eigenvalue weighted by Gasteiger charge is -2.35. The second-order valence-corrected chi connectivity index (χ2v) is 8.29. The van der Waals surface area contributed by atoms with Crippen molar-refractivity contribution in [3.8, 4) is 0 Å². The van der Waals surface area contributed by atoms with Crippen molar-refractivity contribution in [2.24, 2.45) is 11.3 Å². The van der Waals surface area contributed by atoms with Gasteiger partial charge in [-0.3, -0.25) is 9.59 Å². The molecule has 4 nitrogen and oxygen atoms in total. The molecule has 4 heteroatoms. The second kappa shape index (κ2) is 7.78. The quantitative estimate of drug-likeness (QED) is 0.732. The van der Waals surface area contributed by atoms with Crippen LogP contribution in [-0.2, 0) is 16.1 Å². The zero-order chi connectivity index (χ0) is 19.6. The fourth-order valence-corrected chi connectivity index (χ4v) is 4.23. The van der Waals surface area contributed by atoms with Gasteiger partial charge in [0.15, 0.2) is 0 Å².